The topological polar surface area (TPSA) is 55.4 Å². The smallest absolute Gasteiger partial charge is 0.325 e. The van der Waals surface area contributed by atoms with Crippen LogP contribution in [0.4, 0.5) is 0 Å². The Balaban J connectivity index is 1.94. The summed E-state index contributed by atoms with van der Waals surface area (Å²) in [4.78, 5) is 25.2. The molecule has 1 heterocycles. The van der Waals surface area contributed by atoms with Gasteiger partial charge in [0, 0.05) is 11.4 Å². The van der Waals surface area contributed by atoms with Crippen LogP contribution in [0, 0.1) is 0 Å². The van der Waals surface area contributed by atoms with Gasteiger partial charge in [-0.2, -0.15) is 0 Å². The van der Waals surface area contributed by atoms with Crippen LogP contribution in [-0.2, 0) is 22.4 Å². The van der Waals surface area contributed by atoms with Gasteiger partial charge >= 0.3 is 5.97 Å². The van der Waals surface area contributed by atoms with E-state index in [4.69, 9.17) is 11.6 Å². The molecule has 0 spiro atoms. The molecule has 20 heavy (non-hydrogen) atoms. The molecule has 0 fully saturated rings. The van der Waals surface area contributed by atoms with Gasteiger partial charge in [0.2, 0.25) is 0 Å². The number of esters is 1. The molecule has 1 unspecified atom stereocenters. The van der Waals surface area contributed by atoms with E-state index >= 15 is 0 Å². The minimum absolute atomic E-state index is 0.0790. The lowest BCUT2D eigenvalue weighted by Gasteiger charge is -2.07. The van der Waals surface area contributed by atoms with Crippen molar-refractivity contribution in [1.82, 2.24) is 5.32 Å². The average Bonchev–Trinajstić information content (AvgIpc) is 2.74. The number of ether oxygens (including phenoxy) is 1. The van der Waals surface area contributed by atoms with Crippen molar-refractivity contribution in [1.29, 1.82) is 0 Å². The molecule has 0 radical (unpaired) electrons. The first-order valence-electron chi connectivity index (χ1n) is 6.73. The largest absolute Gasteiger partial charge is 0.468 e. The SMILES string of the molecule is COC(=O)C(Cl)CNC(=O)c1cc2c(s1)CCCCC2. The number of halogens is 1. The van der Waals surface area contributed by atoms with Gasteiger partial charge < -0.3 is 10.1 Å². The number of alkyl halides is 1. The van der Waals surface area contributed by atoms with Crippen molar-refractivity contribution in [2.45, 2.75) is 37.5 Å². The summed E-state index contributed by atoms with van der Waals surface area (Å²) >= 11 is 7.35. The second kappa shape index (κ2) is 7.09. The van der Waals surface area contributed by atoms with Crippen molar-refractivity contribution in [3.63, 3.8) is 0 Å². The molecule has 0 saturated heterocycles. The predicted octanol–water partition coefficient (Wildman–Crippen LogP) is 2.53. The van der Waals surface area contributed by atoms with E-state index < -0.39 is 11.3 Å². The van der Waals surface area contributed by atoms with Crippen LogP contribution < -0.4 is 5.32 Å². The molecule has 2 rings (SSSR count). The number of aryl methyl sites for hydroxylation is 2. The number of nitrogens with one attached hydrogen (secondary N) is 1. The van der Waals surface area contributed by atoms with Gasteiger partial charge in [-0.15, -0.1) is 22.9 Å². The van der Waals surface area contributed by atoms with Crippen LogP contribution in [0.3, 0.4) is 0 Å². The summed E-state index contributed by atoms with van der Waals surface area (Å²) in [5.41, 5.74) is 1.30. The van der Waals surface area contributed by atoms with Gasteiger partial charge in [0.05, 0.1) is 12.0 Å². The Labute approximate surface area is 127 Å². The van der Waals surface area contributed by atoms with Gasteiger partial charge in [-0.25, -0.2) is 0 Å². The molecule has 0 aliphatic heterocycles. The maximum absolute atomic E-state index is 12.1. The molecule has 0 saturated carbocycles. The molecular formula is C14H18ClNO3S. The third kappa shape index (κ3) is 3.73. The molecule has 1 N–H and O–H groups in total. The predicted molar refractivity (Wildman–Crippen MR) is 79.6 cm³/mol. The normalized spacial score (nSPS) is 15.9. The number of rotatable bonds is 4. The molecule has 1 aliphatic rings. The van der Waals surface area contributed by atoms with E-state index in [0.717, 1.165) is 12.8 Å². The van der Waals surface area contributed by atoms with Crippen molar-refractivity contribution >= 4 is 34.8 Å². The Morgan fingerprint density at radius 3 is 2.90 bits per heavy atom. The lowest BCUT2D eigenvalue weighted by molar-refractivity contribution is -0.140. The van der Waals surface area contributed by atoms with Crippen molar-refractivity contribution in [2.75, 3.05) is 13.7 Å². The molecule has 1 amide bonds. The van der Waals surface area contributed by atoms with E-state index in [9.17, 15) is 9.59 Å². The first-order chi connectivity index (χ1) is 9.61. The zero-order chi connectivity index (χ0) is 14.5. The zero-order valence-corrected chi connectivity index (χ0v) is 13.0. The van der Waals surface area contributed by atoms with Gasteiger partial charge in [0.1, 0.15) is 5.38 Å². The van der Waals surface area contributed by atoms with Crippen LogP contribution in [0.1, 0.15) is 39.4 Å². The highest BCUT2D eigenvalue weighted by Gasteiger charge is 2.19. The van der Waals surface area contributed by atoms with Crippen LogP contribution >= 0.6 is 22.9 Å². The van der Waals surface area contributed by atoms with Crippen LogP contribution in [0.25, 0.3) is 0 Å². The van der Waals surface area contributed by atoms with E-state index in [1.807, 2.05) is 6.07 Å². The number of hydrogen-bond donors (Lipinski definition) is 1. The third-order valence-corrected chi connectivity index (χ3v) is 4.94. The number of hydrogen-bond acceptors (Lipinski definition) is 4. The fourth-order valence-electron chi connectivity index (χ4n) is 2.26. The van der Waals surface area contributed by atoms with Crippen LogP contribution in [0.2, 0.25) is 0 Å². The second-order valence-electron chi connectivity index (χ2n) is 4.82. The van der Waals surface area contributed by atoms with E-state index in [2.05, 4.69) is 10.1 Å². The van der Waals surface area contributed by atoms with Crippen LogP contribution in [0.15, 0.2) is 6.07 Å². The maximum atomic E-state index is 12.1. The summed E-state index contributed by atoms with van der Waals surface area (Å²) in [6.45, 7) is 0.0790. The molecule has 1 aromatic rings. The summed E-state index contributed by atoms with van der Waals surface area (Å²) in [6, 6.07) is 1.97. The van der Waals surface area contributed by atoms with Gasteiger partial charge in [-0.1, -0.05) is 6.42 Å². The van der Waals surface area contributed by atoms with Crippen LogP contribution in [0.5, 0.6) is 0 Å². The van der Waals surface area contributed by atoms with E-state index in [1.54, 1.807) is 11.3 Å². The maximum Gasteiger partial charge on any atom is 0.325 e. The zero-order valence-electron chi connectivity index (χ0n) is 11.4. The minimum atomic E-state index is -0.846. The summed E-state index contributed by atoms with van der Waals surface area (Å²) < 4.78 is 4.51. The fourth-order valence-corrected chi connectivity index (χ4v) is 3.60. The molecule has 1 aromatic heterocycles. The number of amides is 1. The first kappa shape index (κ1) is 15.3. The molecule has 1 aliphatic carbocycles. The van der Waals surface area contributed by atoms with Gasteiger partial charge in [0.15, 0.2) is 0 Å². The average molecular weight is 316 g/mol. The quantitative estimate of drug-likeness (QED) is 0.528. The Hall–Kier alpha value is -1.07. The van der Waals surface area contributed by atoms with E-state index in [0.29, 0.717) is 4.88 Å². The van der Waals surface area contributed by atoms with Gasteiger partial charge in [0.25, 0.3) is 5.91 Å². The number of thiophene rings is 1. The summed E-state index contributed by atoms with van der Waals surface area (Å²) in [6.07, 6.45) is 5.76. The molecule has 110 valence electrons. The first-order valence-corrected chi connectivity index (χ1v) is 7.98. The molecule has 6 heteroatoms. The van der Waals surface area contributed by atoms with Crippen molar-refractivity contribution in [3.05, 3.63) is 21.4 Å². The van der Waals surface area contributed by atoms with Gasteiger partial charge in [-0.3, -0.25) is 9.59 Å². The highest BCUT2D eigenvalue weighted by atomic mass is 35.5. The third-order valence-electron chi connectivity index (χ3n) is 3.37. The van der Waals surface area contributed by atoms with Crippen LogP contribution in [-0.4, -0.2) is 30.9 Å². The highest BCUT2D eigenvalue weighted by molar-refractivity contribution is 7.14. The second-order valence-corrected chi connectivity index (χ2v) is 6.48. The van der Waals surface area contributed by atoms with E-state index in [1.165, 1.54) is 36.8 Å². The molecule has 0 aromatic carbocycles. The Kier molecular flexibility index (Phi) is 5.43. The number of carbonyl (C=O) groups is 2. The minimum Gasteiger partial charge on any atom is -0.468 e. The standard InChI is InChI=1S/C14H18ClNO3S/c1-19-14(18)10(15)8-16-13(17)12-7-9-5-3-2-4-6-11(9)20-12/h7,10H,2-6,8H2,1H3,(H,16,17). The van der Waals surface area contributed by atoms with Crippen molar-refractivity contribution in [3.8, 4) is 0 Å². The molecular weight excluding hydrogens is 298 g/mol. The lowest BCUT2D eigenvalue weighted by Crippen LogP contribution is -2.33. The molecule has 1 atom stereocenters. The Morgan fingerprint density at radius 2 is 2.15 bits per heavy atom. The van der Waals surface area contributed by atoms with Crippen molar-refractivity contribution < 1.29 is 14.3 Å². The molecule has 4 nitrogen and oxygen atoms in total. The summed E-state index contributed by atoms with van der Waals surface area (Å²) in [5.74, 6) is -0.702. The highest BCUT2D eigenvalue weighted by Crippen LogP contribution is 2.28. The van der Waals surface area contributed by atoms with Crippen molar-refractivity contribution in [2.24, 2.45) is 0 Å². The Morgan fingerprint density at radius 1 is 1.40 bits per heavy atom. The Bertz CT molecular complexity index is 477. The summed E-state index contributed by atoms with van der Waals surface area (Å²) in [5, 5.41) is 1.83. The number of methoxy groups -OCH3 is 1. The number of fused-ring (bicyclic) bond motifs is 1. The fraction of sp³-hybridized carbons (Fsp3) is 0.571. The lowest BCUT2D eigenvalue weighted by atomic mass is 10.1. The number of carbonyl (C=O) groups excluding carboxylic acids is 2. The monoisotopic (exact) mass is 315 g/mol. The van der Waals surface area contributed by atoms with Gasteiger partial charge in [-0.05, 0) is 37.3 Å². The van der Waals surface area contributed by atoms with E-state index in [-0.39, 0.29) is 12.5 Å². The molecule has 0 bridgehead atoms. The summed E-state index contributed by atoms with van der Waals surface area (Å²) in [7, 11) is 1.27.